The van der Waals surface area contributed by atoms with Crippen molar-refractivity contribution in [2.75, 3.05) is 13.2 Å². The molecule has 0 aliphatic carbocycles. The van der Waals surface area contributed by atoms with Crippen LogP contribution < -0.4 is 5.32 Å². The average Bonchev–Trinajstić information content (AvgIpc) is 3.36. The molecule has 1 amide bonds. The third-order valence-electron chi connectivity index (χ3n) is 14.4. The quantitative estimate of drug-likeness (QED) is 0.0321. The minimum Gasteiger partial charge on any atom is -0.466 e. The Bertz CT molecular complexity index is 1130. The zero-order valence-corrected chi connectivity index (χ0v) is 47.0. The summed E-state index contributed by atoms with van der Waals surface area (Å²) in [5.74, 6) is -0.0573. The van der Waals surface area contributed by atoms with Gasteiger partial charge in [0.2, 0.25) is 5.91 Å². The molecule has 70 heavy (non-hydrogen) atoms. The van der Waals surface area contributed by atoms with Crippen LogP contribution in [0, 0.1) is 0 Å². The lowest BCUT2D eigenvalue weighted by atomic mass is 10.0. The lowest BCUT2D eigenvalue weighted by molar-refractivity contribution is -0.143. The molecule has 0 aliphatic heterocycles. The number of amides is 1. The van der Waals surface area contributed by atoms with Crippen LogP contribution in [0.4, 0.5) is 0 Å². The number of hydrogen-bond donors (Lipinski definition) is 3. The Kier molecular flexibility index (Phi) is 58.0. The molecule has 0 rings (SSSR count). The summed E-state index contributed by atoms with van der Waals surface area (Å²) in [5.41, 5.74) is 0. The number of carbonyl (C=O) groups is 2. The molecule has 0 saturated carbocycles. The maximum Gasteiger partial charge on any atom is 0.305 e. The molecule has 0 bridgehead atoms. The largest absolute Gasteiger partial charge is 0.466 e. The van der Waals surface area contributed by atoms with Gasteiger partial charge in [0.15, 0.2) is 0 Å². The van der Waals surface area contributed by atoms with Crippen LogP contribution >= 0.6 is 0 Å². The zero-order valence-electron chi connectivity index (χ0n) is 47.0. The summed E-state index contributed by atoms with van der Waals surface area (Å²) in [4.78, 5) is 24.4. The fourth-order valence-electron chi connectivity index (χ4n) is 9.61. The predicted octanol–water partition coefficient (Wildman–Crippen LogP) is 19.6. The zero-order chi connectivity index (χ0) is 50.7. The van der Waals surface area contributed by atoms with Crippen molar-refractivity contribution >= 4 is 11.9 Å². The van der Waals surface area contributed by atoms with E-state index in [1.807, 2.05) is 6.08 Å². The van der Waals surface area contributed by atoms with Crippen LogP contribution in [0.5, 0.6) is 0 Å². The average molecular weight is 985 g/mol. The second-order valence-corrected chi connectivity index (χ2v) is 21.4. The van der Waals surface area contributed by atoms with E-state index in [1.54, 1.807) is 6.08 Å². The minimum atomic E-state index is -0.844. The Morgan fingerprint density at radius 1 is 0.400 bits per heavy atom. The molecule has 0 fully saturated rings. The summed E-state index contributed by atoms with van der Waals surface area (Å²) < 4.78 is 5.46. The van der Waals surface area contributed by atoms with Crippen molar-refractivity contribution in [2.24, 2.45) is 0 Å². The van der Waals surface area contributed by atoms with Crippen molar-refractivity contribution in [3.8, 4) is 0 Å². The highest BCUT2D eigenvalue weighted by atomic mass is 16.5. The van der Waals surface area contributed by atoms with Crippen LogP contribution in [0.2, 0.25) is 0 Å². The van der Waals surface area contributed by atoms with Gasteiger partial charge in [-0.05, 0) is 64.2 Å². The molecule has 0 heterocycles. The second kappa shape index (κ2) is 59.6. The number of esters is 1. The predicted molar refractivity (Wildman–Crippen MR) is 306 cm³/mol. The van der Waals surface area contributed by atoms with E-state index in [1.165, 1.54) is 263 Å². The summed E-state index contributed by atoms with van der Waals surface area (Å²) >= 11 is 0. The number of aliphatic hydroxyl groups is 2. The fraction of sp³-hybridized carbons (Fsp3) is 0.875. The Morgan fingerprint density at radius 2 is 0.714 bits per heavy atom. The van der Waals surface area contributed by atoms with Crippen molar-refractivity contribution in [1.29, 1.82) is 0 Å². The van der Waals surface area contributed by atoms with Gasteiger partial charge in [-0.3, -0.25) is 9.59 Å². The SMILES string of the molecule is CCCCCCCCCCCCC/C=C/C(O)C(CO)NC(=O)CCCCCCCCCCCCCCC/C=C\C/C=C\CCCCCCCCCCCOC(=O)CCCCCCCCCCCCC. The molecule has 3 N–H and O–H groups in total. The molecule has 2 unspecified atom stereocenters. The van der Waals surface area contributed by atoms with Gasteiger partial charge < -0.3 is 20.3 Å². The van der Waals surface area contributed by atoms with Gasteiger partial charge in [-0.15, -0.1) is 0 Å². The second-order valence-electron chi connectivity index (χ2n) is 21.4. The van der Waals surface area contributed by atoms with Crippen LogP contribution in [-0.2, 0) is 14.3 Å². The van der Waals surface area contributed by atoms with Crippen molar-refractivity contribution in [3.63, 3.8) is 0 Å². The van der Waals surface area contributed by atoms with E-state index in [9.17, 15) is 19.8 Å². The Labute approximate surface area is 436 Å². The number of aliphatic hydroxyl groups excluding tert-OH is 2. The number of hydrogen-bond acceptors (Lipinski definition) is 5. The number of carbonyl (C=O) groups excluding carboxylic acids is 2. The van der Waals surface area contributed by atoms with Crippen LogP contribution in [0.25, 0.3) is 0 Å². The molecule has 2 atom stereocenters. The topological polar surface area (TPSA) is 95.9 Å². The van der Waals surface area contributed by atoms with Gasteiger partial charge in [0, 0.05) is 12.8 Å². The van der Waals surface area contributed by atoms with Crippen LogP contribution in [0.3, 0.4) is 0 Å². The number of unbranched alkanes of at least 4 members (excludes halogenated alkanes) is 43. The Hall–Kier alpha value is -1.92. The molecule has 0 spiro atoms. The van der Waals surface area contributed by atoms with Crippen molar-refractivity contribution in [3.05, 3.63) is 36.5 Å². The van der Waals surface area contributed by atoms with Crippen molar-refractivity contribution < 1.29 is 24.5 Å². The molecule has 6 heteroatoms. The van der Waals surface area contributed by atoms with Crippen LogP contribution in [0.15, 0.2) is 36.5 Å². The van der Waals surface area contributed by atoms with Crippen molar-refractivity contribution in [2.45, 2.75) is 347 Å². The van der Waals surface area contributed by atoms with E-state index in [0.717, 1.165) is 44.9 Å². The molecule has 412 valence electrons. The van der Waals surface area contributed by atoms with Gasteiger partial charge in [-0.1, -0.05) is 294 Å². The molecule has 0 aliphatic rings. The molecule has 0 aromatic carbocycles. The first-order valence-electron chi connectivity index (χ1n) is 31.3. The molecule has 0 radical (unpaired) electrons. The molecule has 0 aromatic heterocycles. The Morgan fingerprint density at radius 3 is 1.09 bits per heavy atom. The third-order valence-corrected chi connectivity index (χ3v) is 14.4. The van der Waals surface area contributed by atoms with Gasteiger partial charge in [0.25, 0.3) is 0 Å². The summed E-state index contributed by atoms with van der Waals surface area (Å²) in [5, 5.41) is 23.1. The first-order valence-corrected chi connectivity index (χ1v) is 31.3. The lowest BCUT2D eigenvalue weighted by Gasteiger charge is -2.20. The van der Waals surface area contributed by atoms with Crippen LogP contribution in [0.1, 0.15) is 335 Å². The molecule has 6 nitrogen and oxygen atoms in total. The summed E-state index contributed by atoms with van der Waals surface area (Å²) in [6.45, 7) is 4.90. The summed E-state index contributed by atoms with van der Waals surface area (Å²) in [7, 11) is 0. The normalized spacial score (nSPS) is 12.8. The lowest BCUT2D eigenvalue weighted by Crippen LogP contribution is -2.45. The van der Waals surface area contributed by atoms with Crippen molar-refractivity contribution in [1.82, 2.24) is 5.32 Å². The highest BCUT2D eigenvalue weighted by Gasteiger charge is 2.18. The number of rotatable bonds is 58. The van der Waals surface area contributed by atoms with E-state index in [2.05, 4.69) is 43.5 Å². The maximum absolute atomic E-state index is 12.4. The van der Waals surface area contributed by atoms with E-state index < -0.39 is 12.1 Å². The first kappa shape index (κ1) is 68.1. The van der Waals surface area contributed by atoms with Crippen LogP contribution in [-0.4, -0.2) is 47.4 Å². The summed E-state index contributed by atoms with van der Waals surface area (Å²) in [6, 6.07) is -0.628. The van der Waals surface area contributed by atoms with Gasteiger partial charge >= 0.3 is 5.97 Å². The minimum absolute atomic E-state index is 0.0112. The standard InChI is InChI=1S/C64H121NO5/c1-3-5-7-9-11-13-15-33-37-40-44-48-52-56-62(67)61(60-66)65-63(68)57-53-49-45-41-38-34-31-29-27-25-23-21-19-17-16-18-20-22-24-26-28-30-32-35-39-43-47-51-55-59-70-64(69)58-54-50-46-42-36-14-12-10-8-6-4-2/h16,18,22,24,52,56,61-62,66-67H,3-15,17,19-21,23,25-51,53-55,57-60H2,1-2H3,(H,65,68)/b18-16-,24-22-,56-52+. The molecule has 0 aromatic rings. The van der Waals surface area contributed by atoms with Gasteiger partial charge in [0.1, 0.15) is 0 Å². The van der Waals surface area contributed by atoms with E-state index >= 15 is 0 Å². The van der Waals surface area contributed by atoms with Gasteiger partial charge in [0.05, 0.1) is 25.4 Å². The smallest absolute Gasteiger partial charge is 0.305 e. The van der Waals surface area contributed by atoms with E-state index in [4.69, 9.17) is 4.74 Å². The molecule has 0 saturated heterocycles. The monoisotopic (exact) mass is 984 g/mol. The van der Waals surface area contributed by atoms with Gasteiger partial charge in [-0.25, -0.2) is 0 Å². The number of ether oxygens (including phenoxy) is 1. The first-order chi connectivity index (χ1) is 34.5. The number of allylic oxidation sites excluding steroid dienone is 5. The third kappa shape index (κ3) is 55.4. The number of nitrogens with one attached hydrogen (secondary N) is 1. The van der Waals surface area contributed by atoms with Gasteiger partial charge in [-0.2, -0.15) is 0 Å². The molecular formula is C64H121NO5. The van der Waals surface area contributed by atoms with E-state index in [0.29, 0.717) is 19.4 Å². The Balaban J connectivity index is 3.42. The van der Waals surface area contributed by atoms with E-state index in [-0.39, 0.29) is 18.5 Å². The molecular weight excluding hydrogens is 863 g/mol. The highest BCUT2D eigenvalue weighted by molar-refractivity contribution is 5.76. The summed E-state index contributed by atoms with van der Waals surface area (Å²) in [6.07, 6.45) is 74.8. The highest BCUT2D eigenvalue weighted by Crippen LogP contribution is 2.17. The fourth-order valence-corrected chi connectivity index (χ4v) is 9.61. The maximum atomic E-state index is 12.4.